The number of thiazole rings is 1. The SMILES string of the molecule is CC(C)(O)C1CCC(NC(=O)c2cc(-c3cncs3)cc3[nH]ccc23)CC1. The van der Waals surface area contributed by atoms with Crippen LogP contribution < -0.4 is 5.32 Å². The average Bonchev–Trinajstić information content (AvgIpc) is 3.32. The third-order valence-corrected chi connectivity index (χ3v) is 6.51. The van der Waals surface area contributed by atoms with Crippen molar-refractivity contribution in [3.05, 3.63) is 41.7 Å². The molecule has 0 aliphatic heterocycles. The van der Waals surface area contributed by atoms with Gasteiger partial charge in [-0.3, -0.25) is 9.78 Å². The van der Waals surface area contributed by atoms with Gasteiger partial charge >= 0.3 is 0 Å². The Balaban J connectivity index is 1.54. The molecule has 0 radical (unpaired) electrons. The van der Waals surface area contributed by atoms with Crippen molar-refractivity contribution >= 4 is 28.1 Å². The van der Waals surface area contributed by atoms with Gasteiger partial charge in [0.05, 0.1) is 16.0 Å². The number of carbonyl (C=O) groups excluding carboxylic acids is 1. The number of rotatable bonds is 4. The molecule has 0 unspecified atom stereocenters. The zero-order valence-electron chi connectivity index (χ0n) is 15.7. The highest BCUT2D eigenvalue weighted by Crippen LogP contribution is 2.33. The van der Waals surface area contributed by atoms with Crippen molar-refractivity contribution in [2.75, 3.05) is 0 Å². The standard InChI is InChI=1S/C21H25N3O2S/c1-21(2,26)14-3-5-15(6-4-14)24-20(25)17-9-13(19-11-22-12-27-19)10-18-16(17)7-8-23-18/h7-12,14-15,23,26H,3-6H2,1-2H3,(H,24,25). The lowest BCUT2D eigenvalue weighted by Crippen LogP contribution is -2.41. The van der Waals surface area contributed by atoms with E-state index < -0.39 is 5.60 Å². The van der Waals surface area contributed by atoms with Crippen molar-refractivity contribution in [1.82, 2.24) is 15.3 Å². The van der Waals surface area contributed by atoms with Crippen LogP contribution in [0.3, 0.4) is 0 Å². The number of amides is 1. The van der Waals surface area contributed by atoms with Crippen LogP contribution in [0.5, 0.6) is 0 Å². The number of aromatic amines is 1. The number of aliphatic hydroxyl groups is 1. The summed E-state index contributed by atoms with van der Waals surface area (Å²) >= 11 is 1.57. The lowest BCUT2D eigenvalue weighted by Gasteiger charge is -2.36. The molecular formula is C21H25N3O2S. The molecule has 3 N–H and O–H groups in total. The largest absolute Gasteiger partial charge is 0.390 e. The van der Waals surface area contributed by atoms with Crippen LogP contribution in [0.4, 0.5) is 0 Å². The van der Waals surface area contributed by atoms with E-state index in [1.54, 1.807) is 16.8 Å². The fourth-order valence-electron chi connectivity index (χ4n) is 4.06. The van der Waals surface area contributed by atoms with Crippen molar-refractivity contribution in [2.24, 2.45) is 5.92 Å². The Morgan fingerprint density at radius 1 is 1.30 bits per heavy atom. The number of nitrogens with one attached hydrogen (secondary N) is 2. The molecule has 1 aromatic carbocycles. The molecule has 2 heterocycles. The molecule has 1 fully saturated rings. The summed E-state index contributed by atoms with van der Waals surface area (Å²) in [5, 5.41) is 14.4. The van der Waals surface area contributed by atoms with Crippen LogP contribution in [0.15, 0.2) is 36.1 Å². The molecule has 0 spiro atoms. The third-order valence-electron chi connectivity index (χ3n) is 5.69. The van der Waals surface area contributed by atoms with Gasteiger partial charge in [-0.2, -0.15) is 0 Å². The van der Waals surface area contributed by atoms with Crippen LogP contribution in [0.25, 0.3) is 21.3 Å². The van der Waals surface area contributed by atoms with Crippen molar-refractivity contribution in [1.29, 1.82) is 0 Å². The van der Waals surface area contributed by atoms with Crippen LogP contribution in [-0.2, 0) is 0 Å². The summed E-state index contributed by atoms with van der Waals surface area (Å²) < 4.78 is 0. The maximum absolute atomic E-state index is 13.0. The van der Waals surface area contributed by atoms with E-state index in [0.717, 1.165) is 47.0 Å². The second-order valence-electron chi connectivity index (χ2n) is 8.00. The molecule has 142 valence electrons. The van der Waals surface area contributed by atoms with E-state index in [1.807, 2.05) is 38.4 Å². The first-order valence-electron chi connectivity index (χ1n) is 9.45. The number of nitrogens with zero attached hydrogens (tertiary/aromatic N) is 1. The molecule has 0 bridgehead atoms. The number of benzene rings is 1. The van der Waals surface area contributed by atoms with Gasteiger partial charge in [-0.25, -0.2) is 0 Å². The molecule has 1 aliphatic rings. The van der Waals surface area contributed by atoms with E-state index in [1.165, 1.54) is 0 Å². The lowest BCUT2D eigenvalue weighted by atomic mass is 9.77. The topological polar surface area (TPSA) is 78.0 Å². The first-order chi connectivity index (χ1) is 12.9. The van der Waals surface area contributed by atoms with Gasteiger partial charge in [-0.05, 0) is 69.2 Å². The summed E-state index contributed by atoms with van der Waals surface area (Å²) in [5.74, 6) is 0.273. The first kappa shape index (κ1) is 18.2. The summed E-state index contributed by atoms with van der Waals surface area (Å²) in [4.78, 5) is 21.5. The summed E-state index contributed by atoms with van der Waals surface area (Å²) in [6.07, 6.45) is 7.39. The molecule has 6 heteroatoms. The molecule has 5 nitrogen and oxygen atoms in total. The highest BCUT2D eigenvalue weighted by molar-refractivity contribution is 7.13. The van der Waals surface area contributed by atoms with E-state index >= 15 is 0 Å². The van der Waals surface area contributed by atoms with E-state index in [-0.39, 0.29) is 11.9 Å². The predicted molar refractivity (Wildman–Crippen MR) is 109 cm³/mol. The molecular weight excluding hydrogens is 358 g/mol. The number of fused-ring (bicyclic) bond motifs is 1. The average molecular weight is 384 g/mol. The van der Waals surface area contributed by atoms with Crippen LogP contribution in [0.2, 0.25) is 0 Å². The maximum Gasteiger partial charge on any atom is 0.252 e. The minimum absolute atomic E-state index is 0.0299. The van der Waals surface area contributed by atoms with Crippen molar-refractivity contribution < 1.29 is 9.90 Å². The normalized spacial score (nSPS) is 20.7. The highest BCUT2D eigenvalue weighted by atomic mass is 32.1. The van der Waals surface area contributed by atoms with E-state index in [4.69, 9.17) is 0 Å². The third kappa shape index (κ3) is 3.77. The maximum atomic E-state index is 13.0. The van der Waals surface area contributed by atoms with Gasteiger partial charge in [0.15, 0.2) is 0 Å². The first-order valence-corrected chi connectivity index (χ1v) is 10.3. The van der Waals surface area contributed by atoms with Crippen molar-refractivity contribution in [3.63, 3.8) is 0 Å². The van der Waals surface area contributed by atoms with E-state index in [9.17, 15) is 9.90 Å². The summed E-state index contributed by atoms with van der Waals surface area (Å²) in [5.41, 5.74) is 3.81. The Bertz CT molecular complexity index is 932. The van der Waals surface area contributed by atoms with Gasteiger partial charge in [0.2, 0.25) is 0 Å². The number of aromatic nitrogens is 2. The van der Waals surface area contributed by atoms with Crippen LogP contribution in [0, 0.1) is 5.92 Å². The minimum Gasteiger partial charge on any atom is -0.390 e. The van der Waals surface area contributed by atoms with Crippen LogP contribution in [0.1, 0.15) is 49.9 Å². The molecule has 27 heavy (non-hydrogen) atoms. The summed E-state index contributed by atoms with van der Waals surface area (Å²) in [6, 6.07) is 6.14. The zero-order chi connectivity index (χ0) is 19.0. The molecule has 3 aromatic rings. The number of carbonyl (C=O) groups is 1. The van der Waals surface area contributed by atoms with Gasteiger partial charge in [-0.15, -0.1) is 11.3 Å². The fraction of sp³-hybridized carbons (Fsp3) is 0.429. The Kier molecular flexibility index (Phi) is 4.78. The summed E-state index contributed by atoms with van der Waals surface area (Å²) in [6.45, 7) is 3.76. The molecule has 1 amide bonds. The minimum atomic E-state index is -0.644. The van der Waals surface area contributed by atoms with Gasteiger partial charge in [0.25, 0.3) is 5.91 Å². The van der Waals surface area contributed by atoms with E-state index in [0.29, 0.717) is 11.5 Å². The zero-order valence-corrected chi connectivity index (χ0v) is 16.5. The fourth-order valence-corrected chi connectivity index (χ4v) is 4.67. The monoisotopic (exact) mass is 383 g/mol. The lowest BCUT2D eigenvalue weighted by molar-refractivity contribution is -0.00257. The quantitative estimate of drug-likeness (QED) is 0.627. The Hall–Kier alpha value is -2.18. The number of H-pyrrole nitrogens is 1. The van der Waals surface area contributed by atoms with Gasteiger partial charge < -0.3 is 15.4 Å². The molecule has 0 atom stereocenters. The smallest absolute Gasteiger partial charge is 0.252 e. The van der Waals surface area contributed by atoms with Crippen LogP contribution in [-0.4, -0.2) is 32.6 Å². The predicted octanol–water partition coefficient (Wildman–Crippen LogP) is 4.35. The Labute approximate surface area is 162 Å². The van der Waals surface area contributed by atoms with Crippen molar-refractivity contribution in [2.45, 2.75) is 51.2 Å². The van der Waals surface area contributed by atoms with Gasteiger partial charge in [-0.1, -0.05) is 0 Å². The Morgan fingerprint density at radius 3 is 2.74 bits per heavy atom. The molecule has 4 rings (SSSR count). The van der Waals surface area contributed by atoms with Crippen LogP contribution >= 0.6 is 11.3 Å². The van der Waals surface area contributed by atoms with Gasteiger partial charge in [0, 0.05) is 34.9 Å². The second-order valence-corrected chi connectivity index (χ2v) is 8.89. The molecule has 2 aromatic heterocycles. The highest BCUT2D eigenvalue weighted by Gasteiger charge is 2.32. The molecule has 0 saturated heterocycles. The van der Waals surface area contributed by atoms with Gasteiger partial charge in [0.1, 0.15) is 0 Å². The summed E-state index contributed by atoms with van der Waals surface area (Å²) in [7, 11) is 0. The number of hydrogen-bond donors (Lipinski definition) is 3. The van der Waals surface area contributed by atoms with Crippen molar-refractivity contribution in [3.8, 4) is 10.4 Å². The molecule has 1 saturated carbocycles. The van der Waals surface area contributed by atoms with E-state index in [2.05, 4.69) is 21.4 Å². The second kappa shape index (κ2) is 7.09. The Morgan fingerprint density at radius 2 is 2.07 bits per heavy atom. The number of hydrogen-bond acceptors (Lipinski definition) is 4. The molecule has 1 aliphatic carbocycles.